The summed E-state index contributed by atoms with van der Waals surface area (Å²) < 4.78 is 26.5. The number of anilines is 1. The van der Waals surface area contributed by atoms with Crippen LogP contribution in [0.5, 0.6) is 0 Å². The average molecular weight is 246 g/mol. The van der Waals surface area contributed by atoms with Gasteiger partial charge >= 0.3 is 0 Å². The molecule has 0 bridgehead atoms. The number of nitrogens with one attached hydrogen (secondary N) is 1. The summed E-state index contributed by atoms with van der Waals surface area (Å²) >= 11 is 0. The maximum atomic E-state index is 12.0. The van der Waals surface area contributed by atoms with Gasteiger partial charge in [0.2, 0.25) is 0 Å². The lowest BCUT2D eigenvalue weighted by Crippen LogP contribution is -2.12. The second-order valence-electron chi connectivity index (χ2n) is 3.68. The van der Waals surface area contributed by atoms with Gasteiger partial charge in [0.1, 0.15) is 0 Å². The minimum absolute atomic E-state index is 0.255. The molecule has 0 fully saturated rings. The Morgan fingerprint density at radius 2 is 1.82 bits per heavy atom. The van der Waals surface area contributed by atoms with E-state index in [1.165, 1.54) is 0 Å². The van der Waals surface area contributed by atoms with Gasteiger partial charge in [-0.25, -0.2) is 8.42 Å². The van der Waals surface area contributed by atoms with E-state index in [2.05, 4.69) is 10.8 Å². The number of rotatable bonds is 3. The third-order valence-corrected chi connectivity index (χ3v) is 3.65. The van der Waals surface area contributed by atoms with E-state index in [-0.39, 0.29) is 4.90 Å². The minimum atomic E-state index is -3.49. The van der Waals surface area contributed by atoms with Crippen molar-refractivity contribution in [3.8, 4) is 0 Å². The number of benzene rings is 2. The molecule has 2 rings (SSSR count). The molecule has 0 saturated heterocycles. The number of hydrogen-bond donors (Lipinski definition) is 1. The summed E-state index contributed by atoms with van der Waals surface area (Å²) in [6.07, 6.45) is 0. The quantitative estimate of drug-likeness (QED) is 0.904. The molecule has 2 aromatic carbocycles. The van der Waals surface area contributed by atoms with Crippen molar-refractivity contribution in [1.29, 1.82) is 0 Å². The first-order valence-corrected chi connectivity index (χ1v) is 6.62. The summed E-state index contributed by atoms with van der Waals surface area (Å²) in [6, 6.07) is 16.3. The van der Waals surface area contributed by atoms with Gasteiger partial charge in [0.25, 0.3) is 10.0 Å². The second kappa shape index (κ2) is 4.59. The monoisotopic (exact) mass is 246 g/mol. The predicted molar refractivity (Wildman–Crippen MR) is 67.3 cm³/mol. The van der Waals surface area contributed by atoms with Crippen LogP contribution in [0.1, 0.15) is 5.56 Å². The number of hydrogen-bond acceptors (Lipinski definition) is 2. The van der Waals surface area contributed by atoms with Crippen LogP contribution in [0.2, 0.25) is 0 Å². The molecule has 3 nitrogen and oxygen atoms in total. The maximum Gasteiger partial charge on any atom is 0.261 e. The van der Waals surface area contributed by atoms with E-state index < -0.39 is 10.0 Å². The molecule has 0 heterocycles. The largest absolute Gasteiger partial charge is 0.280 e. The molecule has 87 valence electrons. The van der Waals surface area contributed by atoms with Crippen LogP contribution in [0.15, 0.2) is 53.4 Å². The zero-order valence-electron chi connectivity index (χ0n) is 9.34. The molecule has 0 spiro atoms. The Kier molecular flexibility index (Phi) is 3.15. The van der Waals surface area contributed by atoms with E-state index in [4.69, 9.17) is 0 Å². The highest BCUT2D eigenvalue weighted by Gasteiger charge is 2.12. The Bertz CT molecular complexity index is 606. The van der Waals surface area contributed by atoms with Crippen LogP contribution < -0.4 is 4.72 Å². The lowest BCUT2D eigenvalue weighted by molar-refractivity contribution is 0.601. The van der Waals surface area contributed by atoms with Crippen LogP contribution in [0.4, 0.5) is 5.69 Å². The van der Waals surface area contributed by atoms with Crippen LogP contribution in [-0.4, -0.2) is 8.42 Å². The van der Waals surface area contributed by atoms with Gasteiger partial charge in [-0.2, -0.15) is 0 Å². The van der Waals surface area contributed by atoms with E-state index >= 15 is 0 Å². The molecular weight excluding hydrogens is 234 g/mol. The van der Waals surface area contributed by atoms with Gasteiger partial charge < -0.3 is 0 Å². The molecule has 17 heavy (non-hydrogen) atoms. The maximum absolute atomic E-state index is 12.0. The van der Waals surface area contributed by atoms with Gasteiger partial charge in [0, 0.05) is 5.69 Å². The van der Waals surface area contributed by atoms with Crippen LogP contribution in [-0.2, 0) is 10.0 Å². The van der Waals surface area contributed by atoms with Crippen LogP contribution in [0.25, 0.3) is 0 Å². The molecular formula is C13H12NO2S. The van der Waals surface area contributed by atoms with Crippen molar-refractivity contribution >= 4 is 15.7 Å². The third kappa shape index (κ3) is 2.85. The summed E-state index contributed by atoms with van der Waals surface area (Å²) in [5, 5.41) is 0. The number of aryl methyl sites for hydroxylation is 1. The van der Waals surface area contributed by atoms with E-state index in [0.29, 0.717) is 5.69 Å². The highest BCUT2D eigenvalue weighted by molar-refractivity contribution is 7.92. The molecule has 0 aliphatic heterocycles. The highest BCUT2D eigenvalue weighted by atomic mass is 32.2. The molecule has 0 aliphatic rings. The molecule has 0 amide bonds. The van der Waals surface area contributed by atoms with Crippen molar-refractivity contribution in [2.75, 3.05) is 4.72 Å². The van der Waals surface area contributed by atoms with Crippen molar-refractivity contribution in [2.24, 2.45) is 0 Å². The predicted octanol–water partition coefficient (Wildman–Crippen LogP) is 2.60. The fourth-order valence-electron chi connectivity index (χ4n) is 1.46. The molecule has 0 saturated carbocycles. The summed E-state index contributed by atoms with van der Waals surface area (Å²) in [4.78, 5) is 0.255. The molecule has 0 atom stereocenters. The Labute approximate surface area is 101 Å². The van der Waals surface area contributed by atoms with Crippen molar-refractivity contribution < 1.29 is 8.42 Å². The van der Waals surface area contributed by atoms with Crippen LogP contribution in [0, 0.1) is 13.0 Å². The summed E-state index contributed by atoms with van der Waals surface area (Å²) in [7, 11) is -3.49. The smallest absolute Gasteiger partial charge is 0.261 e. The van der Waals surface area contributed by atoms with E-state index in [9.17, 15) is 8.42 Å². The second-order valence-corrected chi connectivity index (χ2v) is 5.36. The number of sulfonamides is 1. The van der Waals surface area contributed by atoms with Gasteiger partial charge in [0.05, 0.1) is 4.90 Å². The van der Waals surface area contributed by atoms with Gasteiger partial charge in [-0.15, -0.1) is 0 Å². The molecule has 4 heteroatoms. The van der Waals surface area contributed by atoms with Crippen molar-refractivity contribution in [3.63, 3.8) is 0 Å². The fourth-order valence-corrected chi connectivity index (χ4v) is 2.53. The molecule has 1 radical (unpaired) electrons. The molecule has 2 aromatic rings. The molecule has 0 aliphatic carbocycles. The van der Waals surface area contributed by atoms with Crippen LogP contribution >= 0.6 is 0 Å². The van der Waals surface area contributed by atoms with Crippen molar-refractivity contribution in [3.05, 3.63) is 60.2 Å². The Hall–Kier alpha value is -1.81. The summed E-state index contributed by atoms with van der Waals surface area (Å²) in [5.74, 6) is 0. The van der Waals surface area contributed by atoms with E-state index in [1.807, 2.05) is 6.92 Å². The van der Waals surface area contributed by atoms with Gasteiger partial charge in [-0.1, -0.05) is 24.3 Å². The minimum Gasteiger partial charge on any atom is -0.280 e. The summed E-state index contributed by atoms with van der Waals surface area (Å²) in [6.45, 7) is 1.86. The first kappa shape index (κ1) is 11.7. The molecule has 0 unspecified atom stereocenters. The SMILES string of the molecule is Cc1[c]ccc(NS(=O)(=O)c2ccccc2)c1. The van der Waals surface area contributed by atoms with Crippen molar-refractivity contribution in [2.45, 2.75) is 11.8 Å². The third-order valence-electron chi connectivity index (χ3n) is 2.25. The standard InChI is InChI=1S/C13H12NO2S/c1-11-6-5-7-12(10-11)14-17(15,16)13-8-3-2-4-9-13/h2-5,7-10,14H,1H3. The zero-order valence-corrected chi connectivity index (χ0v) is 10.2. The van der Waals surface area contributed by atoms with E-state index in [0.717, 1.165) is 5.56 Å². The first-order chi connectivity index (χ1) is 8.08. The molecule has 1 N–H and O–H groups in total. The Balaban J connectivity index is 2.30. The van der Waals surface area contributed by atoms with Crippen molar-refractivity contribution in [1.82, 2.24) is 0 Å². The Morgan fingerprint density at radius 1 is 1.12 bits per heavy atom. The van der Waals surface area contributed by atoms with Gasteiger partial charge in [-0.3, -0.25) is 4.72 Å². The topological polar surface area (TPSA) is 46.2 Å². The normalized spacial score (nSPS) is 11.1. The Morgan fingerprint density at radius 3 is 2.47 bits per heavy atom. The lowest BCUT2D eigenvalue weighted by atomic mass is 10.2. The first-order valence-electron chi connectivity index (χ1n) is 5.14. The van der Waals surface area contributed by atoms with Gasteiger partial charge in [0.15, 0.2) is 0 Å². The zero-order chi connectivity index (χ0) is 12.3. The van der Waals surface area contributed by atoms with Crippen LogP contribution in [0.3, 0.4) is 0 Å². The van der Waals surface area contributed by atoms with Gasteiger partial charge in [-0.05, 0) is 42.8 Å². The fraction of sp³-hybridized carbons (Fsp3) is 0.0769. The van der Waals surface area contributed by atoms with E-state index in [1.54, 1.807) is 48.5 Å². The lowest BCUT2D eigenvalue weighted by Gasteiger charge is -2.08. The molecule has 0 aromatic heterocycles. The summed E-state index contributed by atoms with van der Waals surface area (Å²) in [5.41, 5.74) is 1.43. The highest BCUT2D eigenvalue weighted by Crippen LogP contribution is 2.16. The average Bonchev–Trinajstić information content (AvgIpc) is 2.29.